The molecule has 0 aromatic carbocycles. The first-order chi connectivity index (χ1) is 27.6. The Morgan fingerprint density at radius 3 is 1.53 bits per heavy atom. The van der Waals surface area contributed by atoms with Gasteiger partial charge in [-0.25, -0.2) is 4.79 Å². The Balaban J connectivity index is 4.50. The first kappa shape index (κ1) is 53.5. The lowest BCUT2D eigenvalue weighted by Gasteiger charge is -2.31. The van der Waals surface area contributed by atoms with Crippen LogP contribution >= 0.6 is 0 Å². The van der Waals surface area contributed by atoms with Crippen LogP contribution in [0, 0.1) is 0 Å². The molecule has 0 aliphatic rings. The molecule has 0 saturated heterocycles. The number of likely N-dealkylation sites (N-methyl/N-ethyl adjacent to an activating group) is 1. The molecule has 0 spiro atoms. The van der Waals surface area contributed by atoms with E-state index in [4.69, 9.17) is 14.2 Å². The highest BCUT2D eigenvalue weighted by Gasteiger charge is 2.31. The van der Waals surface area contributed by atoms with Gasteiger partial charge in [-0.05, 0) is 77.0 Å². The molecule has 2 atom stereocenters. The highest BCUT2D eigenvalue weighted by Crippen LogP contribution is 2.12. The molecule has 0 amide bonds. The van der Waals surface area contributed by atoms with Crippen LogP contribution in [-0.2, 0) is 28.6 Å². The van der Waals surface area contributed by atoms with Gasteiger partial charge < -0.3 is 23.8 Å². The van der Waals surface area contributed by atoms with Crippen LogP contribution in [0.1, 0.15) is 155 Å². The van der Waals surface area contributed by atoms with E-state index in [0.29, 0.717) is 12.8 Å². The molecule has 0 radical (unpaired) electrons. The Bertz CT molecular complexity index is 1200. The summed E-state index contributed by atoms with van der Waals surface area (Å²) in [5.41, 5.74) is 0. The third kappa shape index (κ3) is 37.8. The normalized spacial score (nSPS) is 13.8. The van der Waals surface area contributed by atoms with Gasteiger partial charge in [-0.3, -0.25) is 9.59 Å². The van der Waals surface area contributed by atoms with Gasteiger partial charge in [0.05, 0.1) is 34.4 Å². The molecule has 1 N–H and O–H groups in total. The van der Waals surface area contributed by atoms with E-state index < -0.39 is 18.1 Å². The molecule has 0 aliphatic carbocycles. The quantitative estimate of drug-likeness (QED) is 0.0287. The number of carbonyl (C=O) groups is 3. The molecule has 0 rings (SSSR count). The molecule has 0 aliphatic heterocycles. The topological polar surface area (TPSA) is 99.1 Å². The van der Waals surface area contributed by atoms with Gasteiger partial charge in [-0.2, -0.15) is 0 Å². The van der Waals surface area contributed by atoms with Crippen molar-refractivity contribution < 1.29 is 38.2 Å². The van der Waals surface area contributed by atoms with Gasteiger partial charge >= 0.3 is 17.9 Å². The first-order valence-corrected chi connectivity index (χ1v) is 22.1. The summed E-state index contributed by atoms with van der Waals surface area (Å²) >= 11 is 0. The molecule has 57 heavy (non-hydrogen) atoms. The van der Waals surface area contributed by atoms with Crippen molar-refractivity contribution in [2.75, 3.05) is 41.0 Å². The second kappa shape index (κ2) is 39.3. The van der Waals surface area contributed by atoms with Crippen molar-refractivity contribution >= 4 is 17.9 Å². The Labute approximate surface area is 348 Å². The molecule has 0 bridgehead atoms. The van der Waals surface area contributed by atoms with Gasteiger partial charge in [0.1, 0.15) is 6.61 Å². The molecule has 0 fully saturated rings. The van der Waals surface area contributed by atoms with E-state index in [-0.39, 0.29) is 49.1 Å². The fraction of sp³-hybridized carbons (Fsp3) is 0.653. The molecule has 2 unspecified atom stereocenters. The number of hydrogen-bond acceptors (Lipinski definition) is 6. The minimum Gasteiger partial charge on any atom is -0.477 e. The maximum Gasteiger partial charge on any atom is 0.362 e. The van der Waals surface area contributed by atoms with E-state index in [2.05, 4.69) is 86.8 Å². The highest BCUT2D eigenvalue weighted by molar-refractivity contribution is 5.72. The number of hydrogen-bond donors (Lipinski definition) is 1. The number of esters is 2. The number of rotatable bonds is 38. The molecule has 8 nitrogen and oxygen atoms in total. The summed E-state index contributed by atoms with van der Waals surface area (Å²) in [7, 11) is 5.49. The van der Waals surface area contributed by atoms with E-state index in [0.717, 1.165) is 70.6 Å². The van der Waals surface area contributed by atoms with E-state index >= 15 is 0 Å². The van der Waals surface area contributed by atoms with Crippen LogP contribution in [0.5, 0.6) is 0 Å². The summed E-state index contributed by atoms with van der Waals surface area (Å²) in [4.78, 5) is 36.9. The van der Waals surface area contributed by atoms with E-state index in [1.165, 1.54) is 44.9 Å². The average molecular weight is 797 g/mol. The molecule has 8 heteroatoms. The zero-order chi connectivity index (χ0) is 42.1. The number of ether oxygens (including phenoxy) is 3. The van der Waals surface area contributed by atoms with E-state index in [1.807, 2.05) is 33.3 Å². The fourth-order valence-corrected chi connectivity index (χ4v) is 5.87. The SMILES string of the molecule is CC/C=C/C/C=C/C/C=C/C/C=C/C/C=C/C/C=C/CCC(=O)OCC(COCCC(C(=O)O)[N+](C)(C)C)OC(=O)CCCCC/C=C/CCCCCCCCC. The summed E-state index contributed by atoms with van der Waals surface area (Å²) in [6.45, 7) is 4.50. The monoisotopic (exact) mass is 797 g/mol. The van der Waals surface area contributed by atoms with Crippen molar-refractivity contribution in [3.63, 3.8) is 0 Å². The third-order valence-corrected chi connectivity index (χ3v) is 9.29. The second-order valence-corrected chi connectivity index (χ2v) is 15.6. The minimum absolute atomic E-state index is 0.0270. The standard InChI is InChI=1S/C49H81NO7/c1-6-8-10-12-14-16-18-20-22-23-24-25-26-28-29-31-33-35-37-39-47(51)56-44-45(43-55-42-41-46(49(53)54)50(3,4)5)57-48(52)40-38-36-34-32-30-27-21-19-17-15-13-11-9-7-2/h8,10,14,16,20,22,24-25,27-30,33,35,45-46H,6-7,9,11-13,15,17-19,21,23,26,31-32,34,36-44H2,1-5H3/p+1/b10-8+,16-14+,22-20+,25-24+,29-28+,30-27+,35-33+. The zero-order valence-corrected chi connectivity index (χ0v) is 36.8. The molecule has 0 aromatic heterocycles. The number of quaternary nitrogens is 1. The van der Waals surface area contributed by atoms with Gasteiger partial charge in [-0.1, -0.05) is 144 Å². The van der Waals surface area contributed by atoms with Gasteiger partial charge in [-0.15, -0.1) is 0 Å². The lowest BCUT2D eigenvalue weighted by Crippen LogP contribution is -2.50. The lowest BCUT2D eigenvalue weighted by atomic mass is 10.1. The maximum absolute atomic E-state index is 12.7. The molecule has 0 saturated carbocycles. The van der Waals surface area contributed by atoms with Crippen LogP contribution in [0.2, 0.25) is 0 Å². The minimum atomic E-state index is -0.890. The predicted octanol–water partition coefficient (Wildman–Crippen LogP) is 12.1. The average Bonchev–Trinajstić information content (AvgIpc) is 3.17. The van der Waals surface area contributed by atoms with Crippen LogP contribution in [0.15, 0.2) is 85.1 Å². The van der Waals surface area contributed by atoms with Crippen LogP contribution in [0.25, 0.3) is 0 Å². The zero-order valence-electron chi connectivity index (χ0n) is 36.8. The van der Waals surface area contributed by atoms with Gasteiger partial charge in [0.15, 0.2) is 12.1 Å². The van der Waals surface area contributed by atoms with Crippen molar-refractivity contribution in [3.05, 3.63) is 85.1 Å². The summed E-state index contributed by atoms with van der Waals surface area (Å²) in [6.07, 6.45) is 50.7. The van der Waals surface area contributed by atoms with Crippen LogP contribution < -0.4 is 0 Å². The molecular formula is C49H82NO7+. The second-order valence-electron chi connectivity index (χ2n) is 15.6. The summed E-state index contributed by atoms with van der Waals surface area (Å²) in [5, 5.41) is 9.61. The summed E-state index contributed by atoms with van der Waals surface area (Å²) in [6, 6.07) is -0.631. The largest absolute Gasteiger partial charge is 0.477 e. The van der Waals surface area contributed by atoms with Gasteiger partial charge in [0.2, 0.25) is 0 Å². The summed E-state index contributed by atoms with van der Waals surface area (Å²) in [5.74, 6) is -1.60. The van der Waals surface area contributed by atoms with Gasteiger partial charge in [0, 0.05) is 19.3 Å². The number of aliphatic carboxylic acids is 1. The molecular weight excluding hydrogens is 715 g/mol. The number of carbonyl (C=O) groups excluding carboxylic acids is 2. The molecule has 0 aromatic rings. The van der Waals surface area contributed by atoms with Crippen molar-refractivity contribution in [2.24, 2.45) is 0 Å². The van der Waals surface area contributed by atoms with Crippen LogP contribution in [0.3, 0.4) is 0 Å². The Kier molecular flexibility index (Phi) is 36.9. The number of allylic oxidation sites excluding steroid dienone is 14. The number of carboxylic acids is 1. The molecule has 324 valence electrons. The predicted molar refractivity (Wildman–Crippen MR) is 238 cm³/mol. The van der Waals surface area contributed by atoms with E-state index in [9.17, 15) is 19.5 Å². The Hall–Kier alpha value is -3.49. The number of carboxylic acid groups (broad SMARTS) is 1. The van der Waals surface area contributed by atoms with Crippen molar-refractivity contribution in [3.8, 4) is 0 Å². The lowest BCUT2D eigenvalue weighted by molar-refractivity contribution is -0.887. The fourth-order valence-electron chi connectivity index (χ4n) is 5.87. The smallest absolute Gasteiger partial charge is 0.362 e. The van der Waals surface area contributed by atoms with Crippen molar-refractivity contribution in [2.45, 2.75) is 167 Å². The summed E-state index contributed by atoms with van der Waals surface area (Å²) < 4.78 is 17.2. The van der Waals surface area contributed by atoms with Crippen LogP contribution in [0.4, 0.5) is 0 Å². The maximum atomic E-state index is 12.7. The van der Waals surface area contributed by atoms with E-state index in [1.54, 1.807) is 0 Å². The first-order valence-electron chi connectivity index (χ1n) is 22.1. The Morgan fingerprint density at radius 1 is 0.544 bits per heavy atom. The third-order valence-electron chi connectivity index (χ3n) is 9.29. The number of nitrogens with zero attached hydrogens (tertiary/aromatic N) is 1. The highest BCUT2D eigenvalue weighted by atomic mass is 16.6. The molecule has 0 heterocycles. The van der Waals surface area contributed by atoms with Crippen molar-refractivity contribution in [1.29, 1.82) is 0 Å². The number of unbranched alkanes of at least 4 members (excludes halogenated alkanes) is 10. The van der Waals surface area contributed by atoms with Crippen molar-refractivity contribution in [1.82, 2.24) is 0 Å². The Morgan fingerprint density at radius 2 is 1.02 bits per heavy atom. The van der Waals surface area contributed by atoms with Gasteiger partial charge in [0.25, 0.3) is 0 Å². The van der Waals surface area contributed by atoms with Crippen LogP contribution in [-0.4, -0.2) is 80.6 Å².